The van der Waals surface area contributed by atoms with E-state index in [1.165, 1.54) is 0 Å². The fourth-order valence-corrected chi connectivity index (χ4v) is 1.39. The zero-order valence-electron chi connectivity index (χ0n) is 8.96. The summed E-state index contributed by atoms with van der Waals surface area (Å²) in [7, 11) is -4.56. The van der Waals surface area contributed by atoms with Gasteiger partial charge in [-0.2, -0.15) is 0 Å². The molecule has 1 unspecified atom stereocenters. The van der Waals surface area contributed by atoms with E-state index in [9.17, 15) is 19.4 Å². The Morgan fingerprint density at radius 1 is 1.47 bits per heavy atom. The fourth-order valence-electron chi connectivity index (χ4n) is 0.639. The van der Waals surface area contributed by atoms with Gasteiger partial charge in [0.25, 0.3) is 7.82 Å². The van der Waals surface area contributed by atoms with Gasteiger partial charge in [-0.15, -0.1) is 0 Å². The molecule has 0 heterocycles. The lowest BCUT2D eigenvalue weighted by Gasteiger charge is -2.23. The van der Waals surface area contributed by atoms with Crippen molar-refractivity contribution in [2.45, 2.75) is 6.04 Å². The Hall–Kier alpha value is -1.19. The van der Waals surface area contributed by atoms with Crippen LogP contribution in [-0.2, 0) is 18.4 Å². The number of carboxylic acids is 1. The Kier molecular flexibility index (Phi) is 6.69. The van der Waals surface area contributed by atoms with Gasteiger partial charge < -0.3 is 29.6 Å². The van der Waals surface area contributed by atoms with E-state index >= 15 is 0 Å². The number of guanidine groups is 1. The Morgan fingerprint density at radius 3 is 2.53 bits per heavy atom. The monoisotopic (exact) mass is 270 g/mol. The molecule has 0 aromatic rings. The molecule has 2 atom stereocenters. The van der Waals surface area contributed by atoms with Crippen molar-refractivity contribution in [3.63, 3.8) is 0 Å². The van der Waals surface area contributed by atoms with E-state index < -0.39 is 26.4 Å². The predicted octanol–water partition coefficient (Wildman–Crippen LogP) is -6.80. The number of rotatable bonds is 8. The van der Waals surface area contributed by atoms with Crippen molar-refractivity contribution in [1.82, 2.24) is 0 Å². The SMILES string of the molecule is NC(N)=[NH+]CCOP(=O)([O-])OC[C@@H]([NH3+])C(=O)[O-]. The molecule has 0 saturated heterocycles. The van der Waals surface area contributed by atoms with E-state index in [1.807, 2.05) is 0 Å². The number of nitrogens with one attached hydrogen (secondary N) is 1. The topological polar surface area (TPSA) is 192 Å². The highest BCUT2D eigenvalue weighted by Crippen LogP contribution is 2.37. The van der Waals surface area contributed by atoms with Crippen LogP contribution in [0.15, 0.2) is 0 Å². The van der Waals surface area contributed by atoms with Crippen LogP contribution in [0.4, 0.5) is 0 Å². The zero-order valence-corrected chi connectivity index (χ0v) is 9.85. The van der Waals surface area contributed by atoms with Gasteiger partial charge in [0, 0.05) is 0 Å². The first-order valence-corrected chi connectivity index (χ1v) is 5.96. The second kappa shape index (κ2) is 7.20. The first-order chi connectivity index (χ1) is 7.74. The normalized spacial score (nSPS) is 15.9. The number of nitrogens with two attached hydrogens (primary N) is 2. The molecule has 0 rings (SSSR count). The number of carboxylic acid groups (broad SMARTS) is 1. The molecule has 0 radical (unpaired) electrons. The minimum Gasteiger partial charge on any atom is -0.756 e. The summed E-state index contributed by atoms with van der Waals surface area (Å²) in [5, 5.41) is 10.2. The third-order valence-electron chi connectivity index (χ3n) is 1.45. The number of carbonyl (C=O) groups excluding carboxylic acids is 1. The van der Waals surface area contributed by atoms with Crippen LogP contribution >= 0.6 is 7.82 Å². The molecule has 0 aromatic heterocycles. The number of hydrogen-bond donors (Lipinski definition) is 4. The van der Waals surface area contributed by atoms with Gasteiger partial charge >= 0.3 is 5.96 Å². The molecule has 100 valence electrons. The average molecular weight is 270 g/mol. The number of aliphatic carboxylic acids is 1. The molecule has 11 heteroatoms. The lowest BCUT2D eigenvalue weighted by atomic mass is 10.3. The van der Waals surface area contributed by atoms with Crippen molar-refractivity contribution >= 4 is 19.8 Å². The second-order valence-corrected chi connectivity index (χ2v) is 4.39. The molecule has 0 aliphatic heterocycles. The first-order valence-electron chi connectivity index (χ1n) is 4.50. The molecule has 0 spiro atoms. The standard InChI is InChI=1S/C6H15N4O6P/c7-4(5(11)12)3-16-17(13,14)15-2-1-10-6(8)9/h4H,1-3,7H2,(H,11,12)(H,13,14)(H4,8,9,10)/t4-/m1/s1. The first kappa shape index (κ1) is 15.8. The number of hydrogen-bond acceptors (Lipinski definition) is 6. The maximum Gasteiger partial charge on any atom is 0.338 e. The highest BCUT2D eigenvalue weighted by atomic mass is 31.2. The van der Waals surface area contributed by atoms with Gasteiger partial charge in [0.1, 0.15) is 18.6 Å². The highest BCUT2D eigenvalue weighted by molar-refractivity contribution is 7.45. The van der Waals surface area contributed by atoms with E-state index in [1.54, 1.807) is 0 Å². The lowest BCUT2D eigenvalue weighted by molar-refractivity contribution is -0.462. The third kappa shape index (κ3) is 8.60. The van der Waals surface area contributed by atoms with Gasteiger partial charge in [0.2, 0.25) is 0 Å². The number of carbonyl (C=O) groups is 1. The van der Waals surface area contributed by atoms with E-state index in [2.05, 4.69) is 19.8 Å². The maximum absolute atomic E-state index is 11.0. The van der Waals surface area contributed by atoms with Crippen molar-refractivity contribution in [2.24, 2.45) is 11.5 Å². The summed E-state index contributed by atoms with van der Waals surface area (Å²) in [4.78, 5) is 23.7. The Bertz CT molecular complexity index is 330. The van der Waals surface area contributed by atoms with Crippen LogP contribution in [0.3, 0.4) is 0 Å². The molecular formula is C6H15N4O6P. The third-order valence-corrected chi connectivity index (χ3v) is 2.41. The molecule has 10 nitrogen and oxygen atoms in total. The predicted molar refractivity (Wildman–Crippen MR) is 50.4 cm³/mol. The highest BCUT2D eigenvalue weighted by Gasteiger charge is 2.14. The Morgan fingerprint density at radius 2 is 2.06 bits per heavy atom. The summed E-state index contributed by atoms with van der Waals surface area (Å²) in [6.07, 6.45) is 0. The summed E-state index contributed by atoms with van der Waals surface area (Å²) < 4.78 is 19.7. The fraction of sp³-hybridized carbons (Fsp3) is 0.667. The van der Waals surface area contributed by atoms with Crippen molar-refractivity contribution < 1.29 is 39.1 Å². The minimum atomic E-state index is -4.56. The van der Waals surface area contributed by atoms with Crippen molar-refractivity contribution in [3.8, 4) is 0 Å². The van der Waals surface area contributed by atoms with Gasteiger partial charge in [-0.25, -0.2) is 0 Å². The molecule has 0 aliphatic carbocycles. The molecule has 0 bridgehead atoms. The van der Waals surface area contributed by atoms with Crippen LogP contribution in [-0.4, -0.2) is 37.7 Å². The maximum atomic E-state index is 11.0. The molecule has 17 heavy (non-hydrogen) atoms. The van der Waals surface area contributed by atoms with Gasteiger partial charge in [-0.05, 0) is 0 Å². The lowest BCUT2D eigenvalue weighted by Crippen LogP contribution is -2.79. The van der Waals surface area contributed by atoms with Gasteiger partial charge in [0.15, 0.2) is 0 Å². The van der Waals surface area contributed by atoms with E-state index in [0.29, 0.717) is 0 Å². The summed E-state index contributed by atoms with van der Waals surface area (Å²) in [5.41, 5.74) is 13.2. The van der Waals surface area contributed by atoms with Crippen LogP contribution in [0.2, 0.25) is 0 Å². The van der Waals surface area contributed by atoms with Crippen LogP contribution in [0.5, 0.6) is 0 Å². The largest absolute Gasteiger partial charge is 0.756 e. The number of phosphoric acid groups is 1. The molecule has 0 fully saturated rings. The van der Waals surface area contributed by atoms with Gasteiger partial charge in [-0.1, -0.05) is 0 Å². The molecule has 0 aromatic carbocycles. The zero-order chi connectivity index (χ0) is 13.5. The summed E-state index contributed by atoms with van der Waals surface area (Å²) >= 11 is 0. The molecule has 0 amide bonds. The van der Waals surface area contributed by atoms with Crippen molar-refractivity contribution in [1.29, 1.82) is 0 Å². The van der Waals surface area contributed by atoms with Crippen LogP contribution in [0.1, 0.15) is 0 Å². The van der Waals surface area contributed by atoms with Crippen LogP contribution in [0, 0.1) is 0 Å². The molecular weight excluding hydrogens is 255 g/mol. The Labute approximate surface area is 97.0 Å². The minimum absolute atomic E-state index is 0.0617. The smallest absolute Gasteiger partial charge is 0.338 e. The Balaban J connectivity index is 3.92. The van der Waals surface area contributed by atoms with E-state index in [0.717, 1.165) is 0 Å². The molecule has 0 aliphatic rings. The second-order valence-electron chi connectivity index (χ2n) is 2.97. The van der Waals surface area contributed by atoms with Gasteiger partial charge in [-0.3, -0.25) is 21.0 Å². The number of quaternary nitrogens is 1. The van der Waals surface area contributed by atoms with E-state index in [4.69, 9.17) is 11.5 Å². The quantitative estimate of drug-likeness (QED) is 0.144. The van der Waals surface area contributed by atoms with Crippen LogP contribution in [0.25, 0.3) is 0 Å². The van der Waals surface area contributed by atoms with Crippen molar-refractivity contribution in [3.05, 3.63) is 0 Å². The molecule has 8 N–H and O–H groups in total. The van der Waals surface area contributed by atoms with Gasteiger partial charge in [0.05, 0.1) is 13.2 Å². The average Bonchev–Trinajstić information content (AvgIpc) is 2.21. The van der Waals surface area contributed by atoms with Crippen molar-refractivity contribution in [2.75, 3.05) is 19.8 Å². The summed E-state index contributed by atoms with van der Waals surface area (Å²) in [5.74, 6) is -1.60. The number of phosphoric ester groups is 1. The summed E-state index contributed by atoms with van der Waals surface area (Å²) in [6, 6.07) is -1.30. The molecule has 0 saturated carbocycles. The van der Waals surface area contributed by atoms with Crippen LogP contribution < -0.4 is 32.2 Å². The van der Waals surface area contributed by atoms with E-state index in [-0.39, 0.29) is 19.1 Å². The summed E-state index contributed by atoms with van der Waals surface area (Å²) in [6.45, 7) is -0.848.